The number of nitro benzene ring substituents is 1. The van der Waals surface area contributed by atoms with Gasteiger partial charge in [0.05, 0.1) is 10.6 Å². The topological polar surface area (TPSA) is 118 Å². The van der Waals surface area contributed by atoms with Crippen LogP contribution < -0.4 is 5.32 Å². The van der Waals surface area contributed by atoms with Crippen molar-refractivity contribution in [2.75, 3.05) is 0 Å². The number of hydrogen-bond acceptors (Lipinski definition) is 6. The molecule has 2 aromatic rings. The Morgan fingerprint density at radius 1 is 1.50 bits per heavy atom. The molecule has 0 radical (unpaired) electrons. The van der Waals surface area contributed by atoms with Crippen molar-refractivity contribution in [1.29, 1.82) is 0 Å². The molecule has 20 heavy (non-hydrogen) atoms. The van der Waals surface area contributed by atoms with Gasteiger partial charge in [-0.3, -0.25) is 14.9 Å². The second-order valence-corrected chi connectivity index (χ2v) is 4.09. The van der Waals surface area contributed by atoms with E-state index in [1.807, 2.05) is 0 Å². The zero-order valence-corrected chi connectivity index (χ0v) is 10.5. The summed E-state index contributed by atoms with van der Waals surface area (Å²) in [5.41, 5.74) is 0.639. The number of aromatic nitrogens is 1. The first-order valence-electron chi connectivity index (χ1n) is 5.65. The lowest BCUT2D eigenvalue weighted by molar-refractivity contribution is -0.384. The van der Waals surface area contributed by atoms with E-state index in [9.17, 15) is 20.0 Å². The summed E-state index contributed by atoms with van der Waals surface area (Å²) in [4.78, 5) is 21.8. The lowest BCUT2D eigenvalue weighted by Crippen LogP contribution is -2.22. The summed E-state index contributed by atoms with van der Waals surface area (Å²) in [7, 11) is 0. The van der Waals surface area contributed by atoms with Crippen LogP contribution in [0, 0.1) is 17.0 Å². The average Bonchev–Trinajstić information content (AvgIpc) is 2.84. The van der Waals surface area contributed by atoms with E-state index in [0.29, 0.717) is 5.69 Å². The van der Waals surface area contributed by atoms with Crippen molar-refractivity contribution in [3.05, 3.63) is 51.4 Å². The van der Waals surface area contributed by atoms with Crippen molar-refractivity contribution in [1.82, 2.24) is 10.5 Å². The summed E-state index contributed by atoms with van der Waals surface area (Å²) >= 11 is 0. The fraction of sp³-hybridized carbons (Fsp3) is 0.167. The average molecular weight is 277 g/mol. The maximum absolute atomic E-state index is 11.7. The highest BCUT2D eigenvalue weighted by Crippen LogP contribution is 2.22. The molecule has 0 unspecified atom stereocenters. The standard InChI is InChI=1S/C12H11N3O5/c1-7-4-11(20-14-7)12(17)13-6-8-5-9(15(18)19)2-3-10(8)16/h2-5,16H,6H2,1H3,(H,13,17). The number of nitrogens with one attached hydrogen (secondary N) is 1. The molecule has 1 amide bonds. The van der Waals surface area contributed by atoms with Crippen LogP contribution in [0.4, 0.5) is 5.69 Å². The van der Waals surface area contributed by atoms with Gasteiger partial charge in [0.15, 0.2) is 0 Å². The van der Waals surface area contributed by atoms with Gasteiger partial charge in [-0.2, -0.15) is 0 Å². The van der Waals surface area contributed by atoms with Crippen molar-refractivity contribution < 1.29 is 19.3 Å². The fourth-order valence-corrected chi connectivity index (χ4v) is 1.56. The Balaban J connectivity index is 2.09. The van der Waals surface area contributed by atoms with Crippen LogP contribution in [0.5, 0.6) is 5.75 Å². The molecule has 1 aromatic carbocycles. The minimum Gasteiger partial charge on any atom is -0.508 e. The first-order valence-corrected chi connectivity index (χ1v) is 5.65. The third-order valence-corrected chi connectivity index (χ3v) is 2.57. The Kier molecular flexibility index (Phi) is 3.65. The maximum Gasteiger partial charge on any atom is 0.290 e. The molecule has 0 atom stereocenters. The Labute approximate surface area is 113 Å². The Morgan fingerprint density at radius 3 is 2.85 bits per heavy atom. The van der Waals surface area contributed by atoms with Crippen LogP contribution in [-0.2, 0) is 6.54 Å². The maximum atomic E-state index is 11.7. The van der Waals surface area contributed by atoms with Gasteiger partial charge in [-0.1, -0.05) is 5.16 Å². The number of phenols is 1. The van der Waals surface area contributed by atoms with Crippen LogP contribution in [0.3, 0.4) is 0 Å². The quantitative estimate of drug-likeness (QED) is 0.646. The smallest absolute Gasteiger partial charge is 0.290 e. The minimum atomic E-state index is -0.579. The number of rotatable bonds is 4. The predicted octanol–water partition coefficient (Wildman–Crippen LogP) is 1.53. The number of phenolic OH excluding ortho intramolecular Hbond substituents is 1. The molecule has 1 heterocycles. The third-order valence-electron chi connectivity index (χ3n) is 2.57. The number of hydrogen-bond donors (Lipinski definition) is 2. The molecule has 2 N–H and O–H groups in total. The molecule has 0 aliphatic carbocycles. The second-order valence-electron chi connectivity index (χ2n) is 4.09. The van der Waals surface area contributed by atoms with Gasteiger partial charge < -0.3 is 14.9 Å². The van der Waals surface area contributed by atoms with Crippen molar-refractivity contribution in [2.45, 2.75) is 13.5 Å². The van der Waals surface area contributed by atoms with Crippen molar-refractivity contribution in [3.63, 3.8) is 0 Å². The summed E-state index contributed by atoms with van der Waals surface area (Å²) in [6.45, 7) is 1.61. The third kappa shape index (κ3) is 2.91. The molecule has 8 nitrogen and oxygen atoms in total. The van der Waals surface area contributed by atoms with Gasteiger partial charge in [-0.05, 0) is 13.0 Å². The van der Waals surface area contributed by atoms with E-state index in [1.54, 1.807) is 6.92 Å². The number of aryl methyl sites for hydroxylation is 1. The minimum absolute atomic E-state index is 0.0346. The normalized spacial score (nSPS) is 10.2. The van der Waals surface area contributed by atoms with E-state index >= 15 is 0 Å². The summed E-state index contributed by atoms with van der Waals surface area (Å²) < 4.78 is 4.77. The number of benzene rings is 1. The number of nitro groups is 1. The van der Waals surface area contributed by atoms with E-state index < -0.39 is 10.8 Å². The Bertz CT molecular complexity index is 665. The van der Waals surface area contributed by atoms with Crippen LogP contribution in [0.25, 0.3) is 0 Å². The van der Waals surface area contributed by atoms with E-state index in [0.717, 1.165) is 0 Å². The van der Waals surface area contributed by atoms with Gasteiger partial charge in [0, 0.05) is 30.3 Å². The summed E-state index contributed by atoms with van der Waals surface area (Å²) in [5.74, 6) is -0.617. The number of carbonyl (C=O) groups excluding carboxylic acids is 1. The van der Waals surface area contributed by atoms with Gasteiger partial charge in [-0.15, -0.1) is 0 Å². The molecule has 0 saturated carbocycles. The molecule has 0 aliphatic heterocycles. The van der Waals surface area contributed by atoms with Crippen molar-refractivity contribution >= 4 is 11.6 Å². The first kappa shape index (κ1) is 13.5. The Hall–Kier alpha value is -2.90. The summed E-state index contributed by atoms with van der Waals surface area (Å²) in [5, 5.41) is 26.3. The molecule has 1 aromatic heterocycles. The molecule has 0 bridgehead atoms. The molecule has 0 saturated heterocycles. The number of amides is 1. The molecule has 8 heteroatoms. The first-order chi connectivity index (χ1) is 9.47. The Morgan fingerprint density at radius 2 is 2.25 bits per heavy atom. The molecule has 0 fully saturated rings. The number of nitrogens with zero attached hydrogens (tertiary/aromatic N) is 2. The summed E-state index contributed by atoms with van der Waals surface area (Å²) in [6.07, 6.45) is 0. The fourth-order valence-electron chi connectivity index (χ4n) is 1.56. The molecule has 104 valence electrons. The lowest BCUT2D eigenvalue weighted by Gasteiger charge is -2.05. The van der Waals surface area contributed by atoms with Crippen LogP contribution in [0.15, 0.2) is 28.8 Å². The summed E-state index contributed by atoms with van der Waals surface area (Å²) in [6, 6.07) is 5.04. The van der Waals surface area contributed by atoms with Gasteiger partial charge >= 0.3 is 0 Å². The van der Waals surface area contributed by atoms with Crippen molar-refractivity contribution in [2.24, 2.45) is 0 Å². The number of carbonyl (C=O) groups is 1. The van der Waals surface area contributed by atoms with Crippen LogP contribution in [0.2, 0.25) is 0 Å². The molecular weight excluding hydrogens is 266 g/mol. The van der Waals surface area contributed by atoms with Gasteiger partial charge in [0.25, 0.3) is 11.6 Å². The highest BCUT2D eigenvalue weighted by Gasteiger charge is 2.14. The van der Waals surface area contributed by atoms with Gasteiger partial charge in [0.1, 0.15) is 5.75 Å². The predicted molar refractivity (Wildman–Crippen MR) is 67.2 cm³/mol. The van der Waals surface area contributed by atoms with E-state index in [1.165, 1.54) is 24.3 Å². The van der Waals surface area contributed by atoms with E-state index in [-0.39, 0.29) is 29.3 Å². The molecule has 0 spiro atoms. The van der Waals surface area contributed by atoms with Crippen LogP contribution in [-0.4, -0.2) is 21.1 Å². The molecular formula is C12H11N3O5. The number of non-ortho nitro benzene ring substituents is 1. The van der Waals surface area contributed by atoms with Crippen LogP contribution in [0.1, 0.15) is 21.8 Å². The second kappa shape index (κ2) is 5.39. The molecule has 0 aliphatic rings. The highest BCUT2D eigenvalue weighted by molar-refractivity contribution is 5.91. The zero-order chi connectivity index (χ0) is 14.7. The molecule has 2 rings (SSSR count). The SMILES string of the molecule is Cc1cc(C(=O)NCc2cc([N+](=O)[O-])ccc2O)on1. The van der Waals surface area contributed by atoms with Crippen LogP contribution >= 0.6 is 0 Å². The zero-order valence-electron chi connectivity index (χ0n) is 10.5. The monoisotopic (exact) mass is 277 g/mol. The number of aromatic hydroxyl groups is 1. The van der Waals surface area contributed by atoms with Gasteiger partial charge in [0.2, 0.25) is 5.76 Å². The van der Waals surface area contributed by atoms with Crippen molar-refractivity contribution in [3.8, 4) is 5.75 Å². The van der Waals surface area contributed by atoms with E-state index in [2.05, 4.69) is 10.5 Å². The van der Waals surface area contributed by atoms with Gasteiger partial charge in [-0.25, -0.2) is 0 Å². The largest absolute Gasteiger partial charge is 0.508 e. The highest BCUT2D eigenvalue weighted by atomic mass is 16.6. The lowest BCUT2D eigenvalue weighted by atomic mass is 10.1. The van der Waals surface area contributed by atoms with E-state index in [4.69, 9.17) is 4.52 Å².